The summed E-state index contributed by atoms with van der Waals surface area (Å²) in [4.78, 5) is 0. The van der Waals surface area contributed by atoms with E-state index >= 15 is 0 Å². The molecule has 4 heterocycles. The first-order valence-corrected chi connectivity index (χ1v) is 19.5. The van der Waals surface area contributed by atoms with Gasteiger partial charge in [-0.05, 0) is 86.2 Å². The van der Waals surface area contributed by atoms with Crippen molar-refractivity contribution in [3.05, 3.63) is 24.5 Å². The van der Waals surface area contributed by atoms with E-state index in [9.17, 15) is 46.0 Å². The van der Waals surface area contributed by atoms with Crippen molar-refractivity contribution in [3.8, 4) is 0 Å². The van der Waals surface area contributed by atoms with Gasteiger partial charge in [-0.1, -0.05) is 40.7 Å². The maximum atomic E-state index is 11.6. The van der Waals surface area contributed by atoms with Gasteiger partial charge in [-0.25, -0.2) is 0 Å². The summed E-state index contributed by atoms with van der Waals surface area (Å²) in [7, 11) is 0. The van der Waals surface area contributed by atoms with Crippen LogP contribution in [0.15, 0.2) is 24.5 Å². The first-order valence-electron chi connectivity index (χ1n) is 19.5. The van der Waals surface area contributed by atoms with Gasteiger partial charge in [0, 0.05) is 5.92 Å². The Hall–Kier alpha value is -1.28. The molecule has 5 fully saturated rings. The molecule has 0 aromatic rings. The maximum Gasteiger partial charge on any atom is 0.232 e. The standard InChI is InChI=1S/C38H62O15.CH4/c1-19-6-9-24-21(13-23(41)18-49-38(20(2)12-19)10-4-5-11-48-38)7-8-22-14-26(25(42)15-37(22,24)3)50-35-33(47)31(45)34(28(17-40)52-35)53-36-32(46)30(44)29(43)27(16-39)51-36;/h4-5,10-11,19-36,39-47H,6-9,12-18H2,1-3H3;1H4/t19-,20+,21-,22-,23-,24-,25+,26+,27+,28+,29+,30-,31+,32+,33+,34+,35+,36-,37-,38+;/m1./s1. The first kappa shape index (κ1) is 43.8. The minimum atomic E-state index is -1.77. The van der Waals surface area contributed by atoms with Gasteiger partial charge in [0.1, 0.15) is 48.8 Å². The molecule has 6 rings (SSSR count). The molecule has 6 aliphatic rings. The molecule has 0 aromatic heterocycles. The minimum Gasteiger partial charge on any atom is -0.466 e. The van der Waals surface area contributed by atoms with Crippen molar-refractivity contribution in [1.82, 2.24) is 0 Å². The van der Waals surface area contributed by atoms with E-state index in [1.165, 1.54) is 0 Å². The Morgan fingerprint density at radius 1 is 0.741 bits per heavy atom. The normalized spacial score (nSPS) is 51.5. The van der Waals surface area contributed by atoms with E-state index in [0.717, 1.165) is 32.1 Å². The molecule has 15 heteroatoms. The zero-order valence-corrected chi connectivity index (χ0v) is 31.0. The molecular weight excluding hydrogens is 708 g/mol. The van der Waals surface area contributed by atoms with E-state index in [-0.39, 0.29) is 43.1 Å². The number of fused-ring (bicyclic) bond motifs is 3. The van der Waals surface area contributed by atoms with Crippen LogP contribution in [-0.2, 0) is 28.4 Å². The topological polar surface area (TPSA) is 237 Å². The van der Waals surface area contributed by atoms with E-state index < -0.39 is 98.7 Å². The second-order valence-electron chi connectivity index (χ2n) is 16.9. The molecule has 0 amide bonds. The molecule has 2 aliphatic carbocycles. The van der Waals surface area contributed by atoms with Gasteiger partial charge in [0.25, 0.3) is 0 Å². The van der Waals surface area contributed by atoms with Gasteiger partial charge in [0.15, 0.2) is 12.6 Å². The highest BCUT2D eigenvalue weighted by Crippen LogP contribution is 2.58. The Kier molecular flexibility index (Phi) is 14.7. The number of ether oxygens (including phenoxy) is 6. The Morgan fingerprint density at radius 2 is 1.43 bits per heavy atom. The maximum absolute atomic E-state index is 11.6. The molecule has 20 atom stereocenters. The van der Waals surface area contributed by atoms with Crippen LogP contribution in [0.5, 0.6) is 0 Å². The molecule has 54 heavy (non-hydrogen) atoms. The summed E-state index contributed by atoms with van der Waals surface area (Å²) >= 11 is 0. The van der Waals surface area contributed by atoms with Gasteiger partial charge in [-0.2, -0.15) is 0 Å². The lowest BCUT2D eigenvalue weighted by molar-refractivity contribution is -0.366. The third kappa shape index (κ3) is 8.75. The summed E-state index contributed by atoms with van der Waals surface area (Å²) in [5.74, 6) is 0.175. The molecule has 2 saturated carbocycles. The zero-order valence-electron chi connectivity index (χ0n) is 31.0. The quantitative estimate of drug-likeness (QED) is 0.167. The summed E-state index contributed by atoms with van der Waals surface area (Å²) in [6.07, 6.45) is -4.50. The summed E-state index contributed by atoms with van der Waals surface area (Å²) in [6, 6.07) is 0. The molecule has 4 aliphatic heterocycles. The van der Waals surface area contributed by atoms with Crippen LogP contribution >= 0.6 is 0 Å². The predicted octanol–water partition coefficient (Wildman–Crippen LogP) is 0.455. The van der Waals surface area contributed by atoms with Crippen LogP contribution in [0.4, 0.5) is 0 Å². The van der Waals surface area contributed by atoms with Gasteiger partial charge >= 0.3 is 0 Å². The zero-order chi connectivity index (χ0) is 38.2. The fourth-order valence-corrected chi connectivity index (χ4v) is 10.3. The van der Waals surface area contributed by atoms with E-state index in [2.05, 4.69) is 20.8 Å². The van der Waals surface area contributed by atoms with E-state index in [1.54, 1.807) is 6.26 Å². The van der Waals surface area contributed by atoms with Crippen molar-refractivity contribution in [2.75, 3.05) is 19.8 Å². The van der Waals surface area contributed by atoms with Crippen LogP contribution in [0.1, 0.15) is 79.6 Å². The lowest BCUT2D eigenvalue weighted by Gasteiger charge is -2.57. The van der Waals surface area contributed by atoms with Gasteiger partial charge in [-0.15, -0.1) is 0 Å². The Balaban J connectivity index is 0.00000561. The number of hydrogen-bond donors (Lipinski definition) is 9. The van der Waals surface area contributed by atoms with E-state index in [4.69, 9.17) is 28.4 Å². The molecular formula is C39H66O15. The monoisotopic (exact) mass is 774 g/mol. The number of rotatable bonds is 6. The highest BCUT2D eigenvalue weighted by atomic mass is 16.7. The first-order chi connectivity index (χ1) is 25.2. The summed E-state index contributed by atoms with van der Waals surface area (Å²) in [5.41, 5.74) is -0.247. The van der Waals surface area contributed by atoms with Crippen molar-refractivity contribution in [1.29, 1.82) is 0 Å². The smallest absolute Gasteiger partial charge is 0.232 e. The average Bonchev–Trinajstić information content (AvgIpc) is 3.13. The fraction of sp³-hybridized carbons (Fsp3) is 0.897. The molecule has 3 saturated heterocycles. The minimum absolute atomic E-state index is 0. The van der Waals surface area contributed by atoms with Crippen molar-refractivity contribution in [3.63, 3.8) is 0 Å². The predicted molar refractivity (Wildman–Crippen MR) is 192 cm³/mol. The van der Waals surface area contributed by atoms with Crippen molar-refractivity contribution < 1.29 is 74.4 Å². The van der Waals surface area contributed by atoms with Crippen molar-refractivity contribution >= 4 is 0 Å². The van der Waals surface area contributed by atoms with Gasteiger partial charge < -0.3 is 74.4 Å². The van der Waals surface area contributed by atoms with Gasteiger partial charge in [0.2, 0.25) is 5.79 Å². The largest absolute Gasteiger partial charge is 0.466 e. The second kappa shape index (κ2) is 18.1. The van der Waals surface area contributed by atoms with Crippen molar-refractivity contribution in [2.45, 2.75) is 165 Å². The van der Waals surface area contributed by atoms with Gasteiger partial charge in [-0.3, -0.25) is 0 Å². The Bertz CT molecular complexity index is 1250. The summed E-state index contributed by atoms with van der Waals surface area (Å²) in [6.45, 7) is 5.40. The van der Waals surface area contributed by atoms with Crippen LogP contribution in [0.25, 0.3) is 0 Å². The molecule has 0 bridgehead atoms. The molecule has 0 unspecified atom stereocenters. The summed E-state index contributed by atoms with van der Waals surface area (Å²) in [5, 5.41) is 95.6. The molecule has 15 nitrogen and oxygen atoms in total. The van der Waals surface area contributed by atoms with Crippen LogP contribution in [0.3, 0.4) is 0 Å². The number of hydrogen-bond acceptors (Lipinski definition) is 15. The fourth-order valence-electron chi connectivity index (χ4n) is 10.3. The average molecular weight is 775 g/mol. The summed E-state index contributed by atoms with van der Waals surface area (Å²) < 4.78 is 35.6. The van der Waals surface area contributed by atoms with E-state index in [1.807, 2.05) is 18.2 Å². The SMILES string of the molecule is C.C[C@@H]1CC[C@@H]2[C@H](CC[C@@H]3C[C@H](O[C@H]4O[C@@H](CO)[C@H](O[C@H]5O[C@@H](CO)[C@H](O)[C@@H](O)[C@@H]5O)[C@@H](O)[C@@H]4O)[C@@H](O)C[C@]32C)C[C@@H](O)CO[C@@]2(C=CC=CO2)[C@@H](C)C1. The Labute approximate surface area is 318 Å². The Morgan fingerprint density at radius 3 is 2.11 bits per heavy atom. The third-order valence-electron chi connectivity index (χ3n) is 13.4. The van der Waals surface area contributed by atoms with Crippen LogP contribution in [0.2, 0.25) is 0 Å². The number of allylic oxidation sites excluding steroid dienone is 2. The number of aliphatic hydroxyl groups is 9. The molecule has 0 radical (unpaired) electrons. The molecule has 0 aromatic carbocycles. The molecule has 1 spiro atoms. The lowest BCUT2D eigenvalue weighted by atomic mass is 9.50. The second-order valence-corrected chi connectivity index (χ2v) is 16.9. The van der Waals surface area contributed by atoms with Crippen LogP contribution < -0.4 is 0 Å². The number of aliphatic hydroxyl groups excluding tert-OH is 9. The van der Waals surface area contributed by atoms with Crippen LogP contribution in [0, 0.1) is 35.0 Å². The third-order valence-corrected chi connectivity index (χ3v) is 13.4. The highest BCUT2D eigenvalue weighted by Gasteiger charge is 2.56. The highest BCUT2D eigenvalue weighted by molar-refractivity contribution is 5.13. The van der Waals surface area contributed by atoms with Gasteiger partial charge in [0.05, 0.1) is 44.4 Å². The molecule has 312 valence electrons. The molecule has 9 N–H and O–H groups in total. The van der Waals surface area contributed by atoms with E-state index in [0.29, 0.717) is 25.2 Å². The van der Waals surface area contributed by atoms with Crippen LogP contribution in [-0.4, -0.2) is 151 Å². The van der Waals surface area contributed by atoms with Crippen molar-refractivity contribution in [2.24, 2.45) is 35.0 Å². The lowest BCUT2D eigenvalue weighted by Crippen LogP contribution is -2.65.